The Kier molecular flexibility index (Phi) is 8.16. The fourth-order valence-corrected chi connectivity index (χ4v) is 4.40. The van der Waals surface area contributed by atoms with Crippen molar-refractivity contribution in [1.82, 2.24) is 10.2 Å². The highest BCUT2D eigenvalue weighted by Gasteiger charge is 2.22. The van der Waals surface area contributed by atoms with Crippen LogP contribution in [0.2, 0.25) is 0 Å². The molecule has 0 aromatic heterocycles. The molecule has 4 rings (SSSR count). The molecule has 6 nitrogen and oxygen atoms in total. The number of ether oxygens (including phenoxy) is 1. The molecule has 3 aromatic rings. The zero-order valence-corrected chi connectivity index (χ0v) is 20.4. The fraction of sp³-hybridized carbons (Fsp3) is 0.310. The van der Waals surface area contributed by atoms with Crippen LogP contribution in [0.3, 0.4) is 0 Å². The monoisotopic (exact) mass is 471 g/mol. The van der Waals surface area contributed by atoms with Gasteiger partial charge in [-0.15, -0.1) is 0 Å². The van der Waals surface area contributed by atoms with Gasteiger partial charge in [0.1, 0.15) is 11.8 Å². The summed E-state index contributed by atoms with van der Waals surface area (Å²) in [6, 6.07) is 22.4. The van der Waals surface area contributed by atoms with Crippen LogP contribution in [0.4, 0.5) is 5.69 Å². The van der Waals surface area contributed by atoms with Crippen molar-refractivity contribution in [3.63, 3.8) is 0 Å². The predicted molar refractivity (Wildman–Crippen MR) is 139 cm³/mol. The number of carbonyl (C=O) groups excluding carboxylic acids is 2. The summed E-state index contributed by atoms with van der Waals surface area (Å²) in [6.07, 6.45) is 3.34. The molecule has 0 spiro atoms. The highest BCUT2D eigenvalue weighted by molar-refractivity contribution is 5.97. The summed E-state index contributed by atoms with van der Waals surface area (Å²) < 4.78 is 5.42. The van der Waals surface area contributed by atoms with Crippen LogP contribution in [-0.4, -0.2) is 36.9 Å². The number of hydrogen-bond acceptors (Lipinski definition) is 4. The van der Waals surface area contributed by atoms with E-state index in [1.54, 1.807) is 7.11 Å². The zero-order chi connectivity index (χ0) is 24.6. The van der Waals surface area contributed by atoms with Crippen molar-refractivity contribution >= 4 is 17.5 Å². The van der Waals surface area contributed by atoms with Crippen LogP contribution in [0.25, 0.3) is 0 Å². The van der Waals surface area contributed by atoms with Crippen molar-refractivity contribution < 1.29 is 14.3 Å². The Morgan fingerprint density at radius 3 is 2.34 bits per heavy atom. The van der Waals surface area contributed by atoms with Crippen LogP contribution < -0.4 is 15.4 Å². The maximum atomic E-state index is 13.4. The number of rotatable bonds is 8. The normalized spacial score (nSPS) is 14.3. The van der Waals surface area contributed by atoms with E-state index >= 15 is 0 Å². The lowest BCUT2D eigenvalue weighted by atomic mass is 10.0. The summed E-state index contributed by atoms with van der Waals surface area (Å²) >= 11 is 0. The minimum atomic E-state index is -0.559. The van der Waals surface area contributed by atoms with Gasteiger partial charge >= 0.3 is 0 Å². The molecule has 1 aliphatic heterocycles. The van der Waals surface area contributed by atoms with Crippen molar-refractivity contribution in [1.29, 1.82) is 0 Å². The number of likely N-dealkylation sites (tertiary alicyclic amines) is 1. The molecule has 2 N–H and O–H groups in total. The van der Waals surface area contributed by atoms with E-state index in [2.05, 4.69) is 10.6 Å². The average Bonchev–Trinajstić information content (AvgIpc) is 2.90. The summed E-state index contributed by atoms with van der Waals surface area (Å²) in [4.78, 5) is 28.0. The Morgan fingerprint density at radius 2 is 1.66 bits per heavy atom. The van der Waals surface area contributed by atoms with Gasteiger partial charge in [-0.1, -0.05) is 48.5 Å². The molecule has 0 aliphatic carbocycles. The fourth-order valence-electron chi connectivity index (χ4n) is 4.40. The molecule has 182 valence electrons. The van der Waals surface area contributed by atoms with E-state index in [-0.39, 0.29) is 11.8 Å². The SMILES string of the molecule is COc1ccc(C)cc1NC(=O)[C@H](NCc1ccc(C(=O)N2CCCCC2)cc1)c1ccccc1. The van der Waals surface area contributed by atoms with Gasteiger partial charge in [0, 0.05) is 25.2 Å². The zero-order valence-electron chi connectivity index (χ0n) is 20.4. The number of nitrogens with one attached hydrogen (secondary N) is 2. The number of amides is 2. The molecule has 1 saturated heterocycles. The molecule has 0 radical (unpaired) electrons. The molecule has 0 bridgehead atoms. The molecule has 6 heteroatoms. The third-order valence-corrected chi connectivity index (χ3v) is 6.36. The van der Waals surface area contributed by atoms with E-state index in [0.29, 0.717) is 23.5 Å². The topological polar surface area (TPSA) is 70.7 Å². The van der Waals surface area contributed by atoms with Crippen molar-refractivity contribution in [2.75, 3.05) is 25.5 Å². The molecule has 0 unspecified atom stereocenters. The van der Waals surface area contributed by atoms with Crippen LogP contribution in [0.15, 0.2) is 72.8 Å². The van der Waals surface area contributed by atoms with E-state index in [1.165, 1.54) is 6.42 Å². The lowest BCUT2D eigenvalue weighted by Gasteiger charge is -2.26. The van der Waals surface area contributed by atoms with Gasteiger partial charge < -0.3 is 15.0 Å². The summed E-state index contributed by atoms with van der Waals surface area (Å²) in [5.41, 5.74) is 4.25. The average molecular weight is 472 g/mol. The third kappa shape index (κ3) is 6.28. The molecule has 2 amide bonds. The Balaban J connectivity index is 1.46. The van der Waals surface area contributed by atoms with E-state index in [0.717, 1.165) is 42.6 Å². The summed E-state index contributed by atoms with van der Waals surface area (Å²) in [6.45, 7) is 4.13. The van der Waals surface area contributed by atoms with E-state index < -0.39 is 6.04 Å². The Bertz CT molecular complexity index is 1140. The molecule has 1 fully saturated rings. The quantitative estimate of drug-likeness (QED) is 0.480. The van der Waals surface area contributed by atoms with Gasteiger partial charge in [-0.25, -0.2) is 0 Å². The Labute approximate surface area is 207 Å². The summed E-state index contributed by atoms with van der Waals surface area (Å²) in [5.74, 6) is 0.541. The smallest absolute Gasteiger partial charge is 0.253 e. The number of aryl methyl sites for hydroxylation is 1. The summed E-state index contributed by atoms with van der Waals surface area (Å²) in [7, 11) is 1.59. The lowest BCUT2D eigenvalue weighted by molar-refractivity contribution is -0.118. The van der Waals surface area contributed by atoms with E-state index in [4.69, 9.17) is 4.74 Å². The van der Waals surface area contributed by atoms with Crippen molar-refractivity contribution in [2.45, 2.75) is 38.8 Å². The van der Waals surface area contributed by atoms with Crippen LogP contribution in [0.1, 0.15) is 52.4 Å². The Morgan fingerprint density at radius 1 is 0.943 bits per heavy atom. The van der Waals surface area contributed by atoms with Gasteiger partial charge in [0.2, 0.25) is 5.91 Å². The first-order valence-electron chi connectivity index (χ1n) is 12.2. The van der Waals surface area contributed by atoms with Gasteiger partial charge in [-0.05, 0) is 67.1 Å². The van der Waals surface area contributed by atoms with Crippen LogP contribution >= 0.6 is 0 Å². The molecular formula is C29H33N3O3. The highest BCUT2D eigenvalue weighted by Crippen LogP contribution is 2.27. The van der Waals surface area contributed by atoms with Crippen LogP contribution in [-0.2, 0) is 11.3 Å². The number of anilines is 1. The third-order valence-electron chi connectivity index (χ3n) is 6.36. The maximum Gasteiger partial charge on any atom is 0.253 e. The first kappa shape index (κ1) is 24.5. The van der Waals surface area contributed by atoms with Crippen molar-refractivity contribution in [3.05, 3.63) is 95.1 Å². The molecule has 1 atom stereocenters. The molecule has 3 aromatic carbocycles. The second-order valence-electron chi connectivity index (χ2n) is 8.97. The van der Waals surface area contributed by atoms with E-state index in [1.807, 2.05) is 84.6 Å². The van der Waals surface area contributed by atoms with E-state index in [9.17, 15) is 9.59 Å². The van der Waals surface area contributed by atoms with Crippen molar-refractivity contribution in [3.8, 4) is 5.75 Å². The number of piperidine rings is 1. The van der Waals surface area contributed by atoms with Gasteiger partial charge in [0.15, 0.2) is 0 Å². The predicted octanol–water partition coefficient (Wildman–Crippen LogP) is 5.10. The second kappa shape index (κ2) is 11.7. The van der Waals surface area contributed by atoms with Gasteiger partial charge in [-0.2, -0.15) is 0 Å². The van der Waals surface area contributed by atoms with Gasteiger partial charge in [0.05, 0.1) is 12.8 Å². The van der Waals surface area contributed by atoms with Crippen LogP contribution in [0.5, 0.6) is 5.75 Å². The molecule has 1 aliphatic rings. The first-order valence-corrected chi connectivity index (χ1v) is 12.2. The minimum absolute atomic E-state index is 0.0952. The number of methoxy groups -OCH3 is 1. The number of nitrogens with zero attached hydrogens (tertiary/aromatic N) is 1. The number of carbonyl (C=O) groups is 2. The standard InChI is InChI=1S/C29H33N3O3/c1-21-11-16-26(35-2)25(19-21)31-28(33)27(23-9-5-3-6-10-23)30-20-22-12-14-24(15-13-22)29(34)32-17-7-4-8-18-32/h3,5-6,9-16,19,27,30H,4,7-8,17-18,20H2,1-2H3,(H,31,33)/t27-/m1/s1. The number of hydrogen-bond donors (Lipinski definition) is 2. The number of benzene rings is 3. The maximum absolute atomic E-state index is 13.4. The van der Waals surface area contributed by atoms with Gasteiger partial charge in [-0.3, -0.25) is 14.9 Å². The molecule has 1 heterocycles. The second-order valence-corrected chi connectivity index (χ2v) is 8.97. The molecular weight excluding hydrogens is 438 g/mol. The Hall–Kier alpha value is -3.64. The highest BCUT2D eigenvalue weighted by atomic mass is 16.5. The summed E-state index contributed by atoms with van der Waals surface area (Å²) in [5, 5.41) is 6.41. The lowest BCUT2D eigenvalue weighted by Crippen LogP contribution is -2.35. The van der Waals surface area contributed by atoms with Crippen molar-refractivity contribution in [2.24, 2.45) is 0 Å². The van der Waals surface area contributed by atoms with Crippen LogP contribution in [0, 0.1) is 6.92 Å². The largest absolute Gasteiger partial charge is 0.495 e. The molecule has 0 saturated carbocycles. The first-order chi connectivity index (χ1) is 17.0. The van der Waals surface area contributed by atoms with Gasteiger partial charge in [0.25, 0.3) is 5.91 Å². The molecule has 35 heavy (non-hydrogen) atoms. The minimum Gasteiger partial charge on any atom is -0.495 e.